The predicted molar refractivity (Wildman–Crippen MR) is 72.3 cm³/mol. The summed E-state index contributed by atoms with van der Waals surface area (Å²) >= 11 is 0. The lowest BCUT2D eigenvalue weighted by Gasteiger charge is -2.35. The van der Waals surface area contributed by atoms with Gasteiger partial charge in [0.2, 0.25) is 5.96 Å². The van der Waals surface area contributed by atoms with Crippen molar-refractivity contribution < 1.29 is 4.74 Å². The highest BCUT2D eigenvalue weighted by atomic mass is 16.5. The number of hydrogen-bond donors (Lipinski definition) is 3. The second-order valence-corrected chi connectivity index (χ2v) is 5.07. The van der Waals surface area contributed by atoms with Crippen molar-refractivity contribution in [3.05, 3.63) is 0 Å². The highest BCUT2D eigenvalue weighted by Gasteiger charge is 2.31. The molecule has 18 heavy (non-hydrogen) atoms. The summed E-state index contributed by atoms with van der Waals surface area (Å²) in [7, 11) is 1.67. The molecule has 2 aliphatic rings. The normalized spacial score (nSPS) is 29.1. The minimum atomic E-state index is 0.488. The molecule has 2 heterocycles. The minimum absolute atomic E-state index is 0.488. The molecule has 0 amide bonds. The Kier molecular flexibility index (Phi) is 5.22. The number of nitrogens with one attached hydrogen (secondary N) is 2. The van der Waals surface area contributed by atoms with Gasteiger partial charge in [-0.3, -0.25) is 5.43 Å². The lowest BCUT2D eigenvalue weighted by molar-refractivity contribution is 0.174. The molecular weight excluding hydrogens is 230 g/mol. The van der Waals surface area contributed by atoms with Gasteiger partial charge in [0, 0.05) is 25.7 Å². The zero-order valence-electron chi connectivity index (χ0n) is 11.2. The summed E-state index contributed by atoms with van der Waals surface area (Å²) in [5, 5.41) is 3.41. The van der Waals surface area contributed by atoms with E-state index in [1.807, 2.05) is 0 Å². The number of aliphatic imine (C=N–C) groups is 1. The van der Waals surface area contributed by atoms with Crippen molar-refractivity contribution in [1.82, 2.24) is 15.6 Å². The predicted octanol–water partition coefficient (Wildman–Crippen LogP) is -0.331. The smallest absolute Gasteiger partial charge is 0.206 e. The summed E-state index contributed by atoms with van der Waals surface area (Å²) in [6, 6.07) is 1.25. The van der Waals surface area contributed by atoms with Crippen LogP contribution in [0.1, 0.15) is 25.7 Å². The van der Waals surface area contributed by atoms with Crippen LogP contribution < -0.4 is 16.6 Å². The second-order valence-electron chi connectivity index (χ2n) is 5.07. The standard InChI is InChI=1S/C12H25N5O/c1-18-8-5-14-12(16-13)15-10-4-7-17-6-2-3-11(17)9-10/h10-11H,2-9,13H2,1H3,(H2,14,15,16). The molecule has 4 N–H and O–H groups in total. The number of nitrogens with two attached hydrogens (primary N) is 1. The number of nitrogens with zero attached hydrogens (tertiary/aromatic N) is 2. The SMILES string of the molecule is COCCN=C(NN)NC1CCN2CCCC2C1. The number of hydrogen-bond acceptors (Lipinski definition) is 4. The molecule has 0 aromatic rings. The van der Waals surface area contributed by atoms with E-state index in [2.05, 4.69) is 20.6 Å². The number of ether oxygens (including phenoxy) is 1. The average Bonchev–Trinajstić information content (AvgIpc) is 2.85. The molecule has 0 aliphatic carbocycles. The van der Waals surface area contributed by atoms with Crippen LogP contribution in [-0.4, -0.2) is 56.3 Å². The number of guanidine groups is 1. The van der Waals surface area contributed by atoms with E-state index in [1.165, 1.54) is 38.8 Å². The van der Waals surface area contributed by atoms with Gasteiger partial charge in [0.25, 0.3) is 0 Å². The van der Waals surface area contributed by atoms with Crippen LogP contribution in [0.5, 0.6) is 0 Å². The Hall–Kier alpha value is -0.850. The van der Waals surface area contributed by atoms with E-state index >= 15 is 0 Å². The summed E-state index contributed by atoms with van der Waals surface area (Å²) in [6.07, 6.45) is 5.05. The molecule has 2 aliphatic heterocycles. The van der Waals surface area contributed by atoms with Crippen molar-refractivity contribution in [3.63, 3.8) is 0 Å². The Morgan fingerprint density at radius 1 is 1.44 bits per heavy atom. The molecule has 0 spiro atoms. The topological polar surface area (TPSA) is 74.9 Å². The van der Waals surface area contributed by atoms with Crippen molar-refractivity contribution >= 4 is 5.96 Å². The van der Waals surface area contributed by atoms with Crippen molar-refractivity contribution in [3.8, 4) is 0 Å². The quantitative estimate of drug-likeness (QED) is 0.211. The molecule has 6 nitrogen and oxygen atoms in total. The molecule has 104 valence electrons. The van der Waals surface area contributed by atoms with Gasteiger partial charge in [-0.2, -0.15) is 0 Å². The maximum atomic E-state index is 5.48. The molecule has 6 heteroatoms. The molecule has 0 aromatic carbocycles. The molecule has 2 saturated heterocycles. The largest absolute Gasteiger partial charge is 0.383 e. The summed E-state index contributed by atoms with van der Waals surface area (Å²) in [5.41, 5.74) is 2.64. The lowest BCUT2D eigenvalue weighted by atomic mass is 9.98. The molecule has 0 bridgehead atoms. The van der Waals surface area contributed by atoms with Crippen LogP contribution in [0, 0.1) is 0 Å². The third kappa shape index (κ3) is 3.57. The van der Waals surface area contributed by atoms with Gasteiger partial charge in [0.05, 0.1) is 13.2 Å². The number of fused-ring (bicyclic) bond motifs is 1. The Morgan fingerprint density at radius 2 is 2.33 bits per heavy atom. The van der Waals surface area contributed by atoms with E-state index in [1.54, 1.807) is 7.11 Å². The number of piperidine rings is 1. The highest BCUT2D eigenvalue weighted by molar-refractivity contribution is 5.79. The molecule has 0 saturated carbocycles. The first-order valence-corrected chi connectivity index (χ1v) is 6.84. The summed E-state index contributed by atoms with van der Waals surface area (Å²) in [6.45, 7) is 3.72. The summed E-state index contributed by atoms with van der Waals surface area (Å²) in [4.78, 5) is 6.95. The minimum Gasteiger partial charge on any atom is -0.383 e. The van der Waals surface area contributed by atoms with Gasteiger partial charge < -0.3 is 15.0 Å². The Labute approximate surface area is 109 Å². The molecule has 0 radical (unpaired) electrons. The van der Waals surface area contributed by atoms with Gasteiger partial charge in [-0.15, -0.1) is 0 Å². The summed E-state index contributed by atoms with van der Waals surface area (Å²) in [5.74, 6) is 6.17. The molecule has 2 rings (SSSR count). The Balaban J connectivity index is 1.78. The van der Waals surface area contributed by atoms with E-state index in [4.69, 9.17) is 10.6 Å². The number of hydrazine groups is 1. The zero-order valence-corrected chi connectivity index (χ0v) is 11.2. The fourth-order valence-electron chi connectivity index (χ4n) is 2.93. The number of rotatable bonds is 4. The van der Waals surface area contributed by atoms with Crippen LogP contribution in [-0.2, 0) is 4.74 Å². The van der Waals surface area contributed by atoms with Crippen molar-refractivity contribution in [2.24, 2.45) is 10.8 Å². The van der Waals surface area contributed by atoms with Crippen molar-refractivity contribution in [1.29, 1.82) is 0 Å². The monoisotopic (exact) mass is 255 g/mol. The van der Waals surface area contributed by atoms with Gasteiger partial charge in [0.1, 0.15) is 0 Å². The van der Waals surface area contributed by atoms with Crippen LogP contribution in [0.25, 0.3) is 0 Å². The summed E-state index contributed by atoms with van der Waals surface area (Å²) < 4.78 is 4.97. The van der Waals surface area contributed by atoms with Crippen LogP contribution in [0.2, 0.25) is 0 Å². The van der Waals surface area contributed by atoms with E-state index in [9.17, 15) is 0 Å². The van der Waals surface area contributed by atoms with Crippen LogP contribution in [0.4, 0.5) is 0 Å². The maximum absolute atomic E-state index is 5.48. The first-order chi connectivity index (χ1) is 8.83. The van der Waals surface area contributed by atoms with E-state index in [0.717, 1.165) is 6.04 Å². The number of methoxy groups -OCH3 is 1. The average molecular weight is 255 g/mol. The molecular formula is C12H25N5O. The molecule has 2 fully saturated rings. The highest BCUT2D eigenvalue weighted by Crippen LogP contribution is 2.26. The fourth-order valence-corrected chi connectivity index (χ4v) is 2.93. The van der Waals surface area contributed by atoms with Crippen LogP contribution in [0.3, 0.4) is 0 Å². The van der Waals surface area contributed by atoms with Crippen LogP contribution in [0.15, 0.2) is 4.99 Å². The molecule has 2 atom stereocenters. The first kappa shape index (κ1) is 13.6. The van der Waals surface area contributed by atoms with E-state index in [0.29, 0.717) is 25.2 Å². The van der Waals surface area contributed by atoms with Crippen molar-refractivity contribution in [2.45, 2.75) is 37.8 Å². The second kappa shape index (κ2) is 6.92. The Bertz CT molecular complexity index is 284. The lowest BCUT2D eigenvalue weighted by Crippen LogP contribution is -2.52. The van der Waals surface area contributed by atoms with Gasteiger partial charge in [-0.1, -0.05) is 0 Å². The fraction of sp³-hybridized carbons (Fsp3) is 0.917. The van der Waals surface area contributed by atoms with Gasteiger partial charge in [-0.05, 0) is 32.2 Å². The van der Waals surface area contributed by atoms with Gasteiger partial charge >= 0.3 is 0 Å². The van der Waals surface area contributed by atoms with Gasteiger partial charge in [-0.25, -0.2) is 10.8 Å². The molecule has 0 aromatic heterocycles. The van der Waals surface area contributed by atoms with E-state index in [-0.39, 0.29) is 0 Å². The van der Waals surface area contributed by atoms with E-state index < -0.39 is 0 Å². The van der Waals surface area contributed by atoms with Crippen LogP contribution >= 0.6 is 0 Å². The first-order valence-electron chi connectivity index (χ1n) is 6.84. The third-order valence-electron chi connectivity index (χ3n) is 3.86. The zero-order chi connectivity index (χ0) is 12.8. The maximum Gasteiger partial charge on any atom is 0.206 e. The Morgan fingerprint density at radius 3 is 3.11 bits per heavy atom. The van der Waals surface area contributed by atoms with Crippen molar-refractivity contribution in [2.75, 3.05) is 33.4 Å². The van der Waals surface area contributed by atoms with Gasteiger partial charge in [0.15, 0.2) is 0 Å². The molecule has 2 unspecified atom stereocenters. The third-order valence-corrected chi connectivity index (χ3v) is 3.86.